The number of nitrogens with one attached hydrogen (secondary N) is 2. The SMILES string of the molecule is COc1cc(OC)cc(C(=O)N/N=C\c2ccc(OCC(=O)NC3CCCCC3)cc2)c1. The molecule has 0 aliphatic heterocycles. The largest absolute Gasteiger partial charge is 0.497 e. The van der Waals surface area contributed by atoms with Gasteiger partial charge in [0.25, 0.3) is 11.8 Å². The second-order valence-corrected chi connectivity index (χ2v) is 7.56. The molecule has 2 N–H and O–H groups in total. The summed E-state index contributed by atoms with van der Waals surface area (Å²) in [5.41, 5.74) is 3.62. The van der Waals surface area contributed by atoms with Gasteiger partial charge in [0.05, 0.1) is 20.4 Å². The lowest BCUT2D eigenvalue weighted by Gasteiger charge is -2.22. The molecule has 3 rings (SSSR count). The van der Waals surface area contributed by atoms with Crippen LogP contribution in [-0.2, 0) is 4.79 Å². The van der Waals surface area contributed by atoms with Crippen LogP contribution in [0.5, 0.6) is 17.2 Å². The molecular weight excluding hydrogens is 410 g/mol. The summed E-state index contributed by atoms with van der Waals surface area (Å²) in [6.07, 6.45) is 7.20. The smallest absolute Gasteiger partial charge is 0.271 e. The number of hydrazone groups is 1. The molecule has 0 heterocycles. The summed E-state index contributed by atoms with van der Waals surface area (Å²) in [7, 11) is 3.04. The van der Waals surface area contributed by atoms with E-state index in [4.69, 9.17) is 14.2 Å². The number of nitrogens with zero attached hydrogens (tertiary/aromatic N) is 1. The second kappa shape index (κ2) is 11.7. The van der Waals surface area contributed by atoms with Crippen molar-refractivity contribution in [3.8, 4) is 17.2 Å². The van der Waals surface area contributed by atoms with E-state index in [0.29, 0.717) is 22.8 Å². The second-order valence-electron chi connectivity index (χ2n) is 7.56. The topological polar surface area (TPSA) is 98.2 Å². The molecule has 1 aliphatic rings. The van der Waals surface area contributed by atoms with Gasteiger partial charge in [-0.15, -0.1) is 0 Å². The van der Waals surface area contributed by atoms with Crippen LogP contribution in [0, 0.1) is 0 Å². The molecule has 0 bridgehead atoms. The zero-order chi connectivity index (χ0) is 22.8. The average Bonchev–Trinajstić information content (AvgIpc) is 2.83. The van der Waals surface area contributed by atoms with Gasteiger partial charge in [0, 0.05) is 17.7 Å². The first kappa shape index (κ1) is 23.1. The molecule has 8 nitrogen and oxygen atoms in total. The maximum Gasteiger partial charge on any atom is 0.271 e. The number of hydrogen-bond donors (Lipinski definition) is 2. The van der Waals surface area contributed by atoms with Crippen molar-refractivity contribution >= 4 is 18.0 Å². The van der Waals surface area contributed by atoms with Crippen LogP contribution in [0.4, 0.5) is 0 Å². The number of amides is 2. The lowest BCUT2D eigenvalue weighted by Crippen LogP contribution is -2.38. The first-order chi connectivity index (χ1) is 15.6. The molecule has 0 aromatic heterocycles. The van der Waals surface area contributed by atoms with Crippen LogP contribution in [0.3, 0.4) is 0 Å². The Morgan fingerprint density at radius 3 is 2.25 bits per heavy atom. The minimum Gasteiger partial charge on any atom is -0.497 e. The van der Waals surface area contributed by atoms with Crippen LogP contribution in [-0.4, -0.2) is 44.9 Å². The molecule has 0 unspecified atom stereocenters. The van der Waals surface area contributed by atoms with E-state index in [-0.39, 0.29) is 24.5 Å². The molecule has 2 aromatic rings. The molecule has 8 heteroatoms. The van der Waals surface area contributed by atoms with Crippen molar-refractivity contribution in [1.82, 2.24) is 10.7 Å². The van der Waals surface area contributed by atoms with E-state index in [0.717, 1.165) is 18.4 Å². The van der Waals surface area contributed by atoms with Gasteiger partial charge in [-0.3, -0.25) is 9.59 Å². The fourth-order valence-electron chi connectivity index (χ4n) is 3.48. The van der Waals surface area contributed by atoms with Gasteiger partial charge in [-0.2, -0.15) is 5.10 Å². The molecule has 1 saturated carbocycles. The highest BCUT2D eigenvalue weighted by Crippen LogP contribution is 2.22. The lowest BCUT2D eigenvalue weighted by molar-refractivity contribution is -0.124. The summed E-state index contributed by atoms with van der Waals surface area (Å²) < 4.78 is 15.9. The quantitative estimate of drug-likeness (QED) is 0.462. The Labute approximate surface area is 187 Å². The standard InChI is InChI=1S/C24H29N3O5/c1-30-21-12-18(13-22(14-21)31-2)24(29)27-25-15-17-8-10-20(11-9-17)32-16-23(28)26-19-6-4-3-5-7-19/h8-15,19H,3-7,16H2,1-2H3,(H,26,28)(H,27,29)/b25-15-. The number of methoxy groups -OCH3 is 2. The van der Waals surface area contributed by atoms with Crippen LogP contribution in [0.25, 0.3) is 0 Å². The molecule has 0 spiro atoms. The highest BCUT2D eigenvalue weighted by atomic mass is 16.5. The van der Waals surface area contributed by atoms with Gasteiger partial charge in [-0.05, 0) is 54.8 Å². The third-order valence-electron chi connectivity index (χ3n) is 5.21. The predicted molar refractivity (Wildman–Crippen MR) is 122 cm³/mol. The minimum atomic E-state index is -0.387. The minimum absolute atomic E-state index is 0.00993. The van der Waals surface area contributed by atoms with E-state index < -0.39 is 0 Å². The third kappa shape index (κ3) is 7.01. The van der Waals surface area contributed by atoms with E-state index in [1.807, 2.05) is 0 Å². The molecule has 32 heavy (non-hydrogen) atoms. The van der Waals surface area contributed by atoms with Crippen LogP contribution in [0.1, 0.15) is 48.0 Å². The highest BCUT2D eigenvalue weighted by molar-refractivity contribution is 5.95. The Morgan fingerprint density at radius 2 is 1.62 bits per heavy atom. The van der Waals surface area contributed by atoms with E-state index in [9.17, 15) is 9.59 Å². The van der Waals surface area contributed by atoms with Crippen molar-refractivity contribution in [3.63, 3.8) is 0 Å². The van der Waals surface area contributed by atoms with Crippen molar-refractivity contribution in [2.24, 2.45) is 5.10 Å². The molecule has 1 aliphatic carbocycles. The summed E-state index contributed by atoms with van der Waals surface area (Å²) in [5, 5.41) is 7.01. The summed E-state index contributed by atoms with van der Waals surface area (Å²) >= 11 is 0. The fraction of sp³-hybridized carbons (Fsp3) is 0.375. The zero-order valence-electron chi connectivity index (χ0n) is 18.4. The van der Waals surface area contributed by atoms with Crippen LogP contribution in [0.2, 0.25) is 0 Å². The number of ether oxygens (including phenoxy) is 3. The Hall–Kier alpha value is -3.55. The average molecular weight is 440 g/mol. The van der Waals surface area contributed by atoms with Gasteiger partial charge < -0.3 is 19.5 Å². The number of carbonyl (C=O) groups is 2. The van der Waals surface area contributed by atoms with E-state index in [2.05, 4.69) is 15.8 Å². The first-order valence-corrected chi connectivity index (χ1v) is 10.7. The first-order valence-electron chi connectivity index (χ1n) is 10.7. The molecule has 0 atom stereocenters. The zero-order valence-corrected chi connectivity index (χ0v) is 18.4. The normalized spacial score (nSPS) is 14.1. The number of hydrogen-bond acceptors (Lipinski definition) is 6. The van der Waals surface area contributed by atoms with Gasteiger partial charge in [0.2, 0.25) is 0 Å². The molecule has 0 radical (unpaired) electrons. The maximum atomic E-state index is 12.3. The lowest BCUT2D eigenvalue weighted by atomic mass is 9.95. The van der Waals surface area contributed by atoms with Gasteiger partial charge in [0.15, 0.2) is 6.61 Å². The van der Waals surface area contributed by atoms with Gasteiger partial charge in [-0.25, -0.2) is 5.43 Å². The van der Waals surface area contributed by atoms with Gasteiger partial charge >= 0.3 is 0 Å². The van der Waals surface area contributed by atoms with Crippen molar-refractivity contribution in [3.05, 3.63) is 53.6 Å². The van der Waals surface area contributed by atoms with Gasteiger partial charge in [0.1, 0.15) is 17.2 Å². The van der Waals surface area contributed by atoms with Gasteiger partial charge in [-0.1, -0.05) is 19.3 Å². The van der Waals surface area contributed by atoms with Crippen LogP contribution in [0.15, 0.2) is 47.6 Å². The molecule has 1 fully saturated rings. The van der Waals surface area contributed by atoms with E-state index in [1.165, 1.54) is 39.7 Å². The predicted octanol–water partition coefficient (Wildman–Crippen LogP) is 3.30. The Morgan fingerprint density at radius 1 is 0.969 bits per heavy atom. The molecule has 0 saturated heterocycles. The van der Waals surface area contributed by atoms with Crippen molar-refractivity contribution in [1.29, 1.82) is 0 Å². The van der Waals surface area contributed by atoms with Crippen molar-refractivity contribution < 1.29 is 23.8 Å². The molecule has 170 valence electrons. The number of rotatable bonds is 9. The Balaban J connectivity index is 1.46. The van der Waals surface area contributed by atoms with Crippen LogP contribution < -0.4 is 25.0 Å². The van der Waals surface area contributed by atoms with E-state index >= 15 is 0 Å². The number of benzene rings is 2. The monoisotopic (exact) mass is 439 g/mol. The Bertz CT molecular complexity index is 915. The van der Waals surface area contributed by atoms with Crippen molar-refractivity contribution in [2.75, 3.05) is 20.8 Å². The molecular formula is C24H29N3O5. The summed E-state index contributed by atoms with van der Waals surface area (Å²) in [6, 6.07) is 12.2. The van der Waals surface area contributed by atoms with Crippen molar-refractivity contribution in [2.45, 2.75) is 38.1 Å². The number of carbonyl (C=O) groups excluding carboxylic acids is 2. The maximum absolute atomic E-state index is 12.3. The molecule has 2 amide bonds. The highest BCUT2D eigenvalue weighted by Gasteiger charge is 2.15. The summed E-state index contributed by atoms with van der Waals surface area (Å²) in [4.78, 5) is 24.4. The summed E-state index contributed by atoms with van der Waals surface area (Å²) in [5.74, 6) is 1.14. The summed E-state index contributed by atoms with van der Waals surface area (Å²) in [6.45, 7) is -0.00993. The van der Waals surface area contributed by atoms with Crippen LogP contribution >= 0.6 is 0 Å². The molecule has 2 aromatic carbocycles. The van der Waals surface area contributed by atoms with E-state index in [1.54, 1.807) is 42.5 Å². The fourth-order valence-corrected chi connectivity index (χ4v) is 3.48. The third-order valence-corrected chi connectivity index (χ3v) is 5.21. The Kier molecular flexibility index (Phi) is 8.48.